The van der Waals surface area contributed by atoms with Crippen molar-refractivity contribution >= 4 is 11.0 Å². The van der Waals surface area contributed by atoms with Gasteiger partial charge in [0.05, 0.1) is 5.56 Å². The molecule has 6 heteroatoms. The van der Waals surface area contributed by atoms with Gasteiger partial charge in [-0.25, -0.2) is 0 Å². The second-order valence-electron chi connectivity index (χ2n) is 6.26. The first-order valence-electron chi connectivity index (χ1n) is 7.95. The maximum Gasteiger partial charge on any atom is 0.197 e. The van der Waals surface area contributed by atoms with E-state index in [4.69, 9.17) is 4.42 Å². The van der Waals surface area contributed by atoms with Crippen LogP contribution in [0.1, 0.15) is 19.4 Å². The molecule has 0 aliphatic rings. The molecule has 4 N–H and O–H groups in total. The second-order valence-corrected chi connectivity index (χ2v) is 6.26. The van der Waals surface area contributed by atoms with Gasteiger partial charge in [0.1, 0.15) is 39.7 Å². The zero-order valence-corrected chi connectivity index (χ0v) is 14.3. The number of fused-ring (bicyclic) bond motifs is 1. The zero-order chi connectivity index (χ0) is 19.0. The van der Waals surface area contributed by atoms with Gasteiger partial charge in [0.2, 0.25) is 0 Å². The van der Waals surface area contributed by atoms with E-state index in [1.54, 1.807) is 0 Å². The summed E-state index contributed by atoms with van der Waals surface area (Å²) in [5.41, 5.74) is 1.12. The number of phenols is 4. The van der Waals surface area contributed by atoms with Gasteiger partial charge in [-0.15, -0.1) is 0 Å². The van der Waals surface area contributed by atoms with E-state index in [1.165, 1.54) is 12.1 Å². The SMILES string of the molecule is CC(C)=CCc1c(O)cc(O)c2c(=O)cc(-c3ccc(O)cc3O)oc12. The monoisotopic (exact) mass is 354 g/mol. The minimum absolute atomic E-state index is 0.0398. The van der Waals surface area contributed by atoms with Gasteiger partial charge in [-0.2, -0.15) is 0 Å². The Morgan fingerprint density at radius 3 is 2.38 bits per heavy atom. The molecule has 0 amide bonds. The molecular formula is C20H18O6. The third kappa shape index (κ3) is 3.09. The summed E-state index contributed by atoms with van der Waals surface area (Å²) < 4.78 is 5.78. The van der Waals surface area contributed by atoms with Crippen LogP contribution in [0.3, 0.4) is 0 Å². The molecule has 0 atom stereocenters. The molecule has 0 spiro atoms. The highest BCUT2D eigenvalue weighted by Gasteiger charge is 2.18. The lowest BCUT2D eigenvalue weighted by Gasteiger charge is -2.11. The standard InChI is InChI=1S/C20H18O6/c1-10(2)3-5-13-15(23)8-16(24)19-17(25)9-18(26-20(13)19)12-6-4-11(21)7-14(12)22/h3-4,6-9,21-24H,5H2,1-2H3. The van der Waals surface area contributed by atoms with Crippen molar-refractivity contribution in [1.82, 2.24) is 0 Å². The van der Waals surface area contributed by atoms with E-state index in [-0.39, 0.29) is 45.3 Å². The number of aromatic hydroxyl groups is 4. The van der Waals surface area contributed by atoms with Crippen molar-refractivity contribution in [1.29, 1.82) is 0 Å². The third-order valence-electron chi connectivity index (χ3n) is 4.02. The van der Waals surface area contributed by atoms with Crippen molar-refractivity contribution in [2.24, 2.45) is 0 Å². The highest BCUT2D eigenvalue weighted by atomic mass is 16.3. The van der Waals surface area contributed by atoms with E-state index in [2.05, 4.69) is 0 Å². The van der Waals surface area contributed by atoms with Gasteiger partial charge in [-0.1, -0.05) is 11.6 Å². The molecule has 3 aromatic rings. The van der Waals surface area contributed by atoms with Crippen molar-refractivity contribution in [2.75, 3.05) is 0 Å². The molecule has 0 bridgehead atoms. The summed E-state index contributed by atoms with van der Waals surface area (Å²) in [6.45, 7) is 3.80. The number of hydrogen-bond donors (Lipinski definition) is 4. The lowest BCUT2D eigenvalue weighted by Crippen LogP contribution is -2.03. The molecule has 0 radical (unpaired) electrons. The van der Waals surface area contributed by atoms with Crippen LogP contribution in [0.2, 0.25) is 0 Å². The minimum atomic E-state index is -0.510. The van der Waals surface area contributed by atoms with E-state index in [0.717, 1.165) is 23.8 Å². The summed E-state index contributed by atoms with van der Waals surface area (Å²) in [5, 5.41) is 39.7. The first-order valence-corrected chi connectivity index (χ1v) is 7.95. The van der Waals surface area contributed by atoms with Crippen LogP contribution in [0.4, 0.5) is 0 Å². The van der Waals surface area contributed by atoms with Gasteiger partial charge in [-0.3, -0.25) is 4.79 Å². The van der Waals surface area contributed by atoms with Crippen LogP contribution in [-0.4, -0.2) is 20.4 Å². The normalized spacial score (nSPS) is 10.8. The maximum absolute atomic E-state index is 12.5. The lowest BCUT2D eigenvalue weighted by atomic mass is 10.0. The molecule has 134 valence electrons. The van der Waals surface area contributed by atoms with Crippen LogP contribution >= 0.6 is 0 Å². The van der Waals surface area contributed by atoms with E-state index < -0.39 is 5.43 Å². The largest absolute Gasteiger partial charge is 0.508 e. The van der Waals surface area contributed by atoms with Crippen molar-refractivity contribution in [3.63, 3.8) is 0 Å². The first kappa shape index (κ1) is 17.4. The number of hydrogen-bond acceptors (Lipinski definition) is 6. The molecule has 0 saturated heterocycles. The van der Waals surface area contributed by atoms with Crippen LogP contribution in [0.15, 0.2) is 51.2 Å². The fourth-order valence-corrected chi connectivity index (χ4v) is 2.72. The Hall–Kier alpha value is -3.41. The van der Waals surface area contributed by atoms with Crippen LogP contribution in [0.25, 0.3) is 22.3 Å². The first-order chi connectivity index (χ1) is 12.3. The van der Waals surface area contributed by atoms with Gasteiger partial charge in [0.25, 0.3) is 0 Å². The molecule has 0 saturated carbocycles. The molecule has 0 unspecified atom stereocenters. The maximum atomic E-state index is 12.5. The fourth-order valence-electron chi connectivity index (χ4n) is 2.72. The van der Waals surface area contributed by atoms with E-state index in [0.29, 0.717) is 12.0 Å². The minimum Gasteiger partial charge on any atom is -0.508 e. The quantitative estimate of drug-likeness (QED) is 0.533. The Labute approximate surface area is 148 Å². The van der Waals surface area contributed by atoms with Crippen molar-refractivity contribution < 1.29 is 24.8 Å². The van der Waals surface area contributed by atoms with E-state index in [1.807, 2.05) is 19.9 Å². The molecule has 0 aliphatic heterocycles. The highest BCUT2D eigenvalue weighted by molar-refractivity contribution is 5.89. The molecule has 6 nitrogen and oxygen atoms in total. The van der Waals surface area contributed by atoms with E-state index in [9.17, 15) is 25.2 Å². The highest BCUT2D eigenvalue weighted by Crippen LogP contribution is 2.37. The van der Waals surface area contributed by atoms with Crippen LogP contribution < -0.4 is 5.43 Å². The van der Waals surface area contributed by atoms with Crippen LogP contribution in [-0.2, 0) is 6.42 Å². The average molecular weight is 354 g/mol. The second kappa shape index (κ2) is 6.48. The zero-order valence-electron chi connectivity index (χ0n) is 14.3. The smallest absolute Gasteiger partial charge is 0.197 e. The van der Waals surface area contributed by atoms with Crippen LogP contribution in [0, 0.1) is 0 Å². The third-order valence-corrected chi connectivity index (χ3v) is 4.02. The predicted molar refractivity (Wildman–Crippen MR) is 97.7 cm³/mol. The van der Waals surface area contributed by atoms with Gasteiger partial charge < -0.3 is 24.8 Å². The molecule has 1 aromatic heterocycles. The van der Waals surface area contributed by atoms with Gasteiger partial charge in [-0.05, 0) is 32.4 Å². The molecule has 1 heterocycles. The number of rotatable bonds is 3. The molecule has 0 aliphatic carbocycles. The number of allylic oxidation sites excluding steroid dienone is 2. The van der Waals surface area contributed by atoms with Crippen molar-refractivity contribution in [2.45, 2.75) is 20.3 Å². The Bertz CT molecular complexity index is 1090. The Balaban J connectivity index is 2.34. The Morgan fingerprint density at radius 2 is 1.73 bits per heavy atom. The Morgan fingerprint density at radius 1 is 1.00 bits per heavy atom. The lowest BCUT2D eigenvalue weighted by molar-refractivity contribution is 0.447. The summed E-state index contributed by atoms with van der Waals surface area (Å²) in [5.74, 6) is -0.906. The van der Waals surface area contributed by atoms with Gasteiger partial charge in [0, 0.05) is 23.8 Å². The number of benzene rings is 2. The van der Waals surface area contributed by atoms with Gasteiger partial charge >= 0.3 is 0 Å². The molecule has 2 aromatic carbocycles. The van der Waals surface area contributed by atoms with Crippen molar-refractivity contribution in [3.05, 3.63) is 57.8 Å². The van der Waals surface area contributed by atoms with Crippen molar-refractivity contribution in [3.8, 4) is 34.3 Å². The molecule has 0 fully saturated rings. The topological polar surface area (TPSA) is 111 Å². The molecule has 26 heavy (non-hydrogen) atoms. The van der Waals surface area contributed by atoms with Crippen LogP contribution in [0.5, 0.6) is 23.0 Å². The number of phenolic OH excluding ortho intramolecular Hbond substituents is 4. The fraction of sp³-hybridized carbons (Fsp3) is 0.150. The summed E-state index contributed by atoms with van der Waals surface area (Å²) in [7, 11) is 0. The summed E-state index contributed by atoms with van der Waals surface area (Å²) >= 11 is 0. The molecule has 3 rings (SSSR count). The average Bonchev–Trinajstić information content (AvgIpc) is 2.53. The van der Waals surface area contributed by atoms with Gasteiger partial charge in [0.15, 0.2) is 5.43 Å². The molecular weight excluding hydrogens is 336 g/mol. The predicted octanol–water partition coefficient (Wildman–Crippen LogP) is 3.79. The summed E-state index contributed by atoms with van der Waals surface area (Å²) in [4.78, 5) is 12.5. The summed E-state index contributed by atoms with van der Waals surface area (Å²) in [6.07, 6.45) is 2.16. The Kier molecular flexibility index (Phi) is 4.34. The van der Waals surface area contributed by atoms with E-state index >= 15 is 0 Å². The summed E-state index contributed by atoms with van der Waals surface area (Å²) in [6, 6.07) is 6.15.